The Morgan fingerprint density at radius 3 is 2.57 bits per heavy atom. The van der Waals surface area contributed by atoms with Crippen LogP contribution in [0.4, 0.5) is 5.69 Å². The summed E-state index contributed by atoms with van der Waals surface area (Å²) >= 11 is 0. The third kappa shape index (κ3) is 3.84. The molecule has 0 bridgehead atoms. The highest BCUT2D eigenvalue weighted by Crippen LogP contribution is 2.28. The molecule has 0 aliphatic heterocycles. The number of nitrogens with one attached hydrogen (secondary N) is 1. The summed E-state index contributed by atoms with van der Waals surface area (Å²) in [5, 5.41) is 2.78. The third-order valence-corrected chi connectivity index (χ3v) is 4.47. The van der Waals surface area contributed by atoms with Crippen LogP contribution >= 0.6 is 0 Å². The van der Waals surface area contributed by atoms with Gasteiger partial charge in [-0.05, 0) is 25.1 Å². The lowest BCUT2D eigenvalue weighted by Crippen LogP contribution is -2.42. The van der Waals surface area contributed by atoms with Crippen molar-refractivity contribution in [3.8, 4) is 17.2 Å². The number of ether oxygens (including phenoxy) is 3. The zero-order valence-corrected chi connectivity index (χ0v) is 17.1. The van der Waals surface area contributed by atoms with E-state index in [0.717, 1.165) is 4.57 Å². The second kappa shape index (κ2) is 8.68. The first-order chi connectivity index (χ1) is 14.4. The number of amides is 1. The monoisotopic (exact) mass is 414 g/mol. The van der Waals surface area contributed by atoms with Crippen molar-refractivity contribution in [1.82, 2.24) is 14.1 Å². The lowest BCUT2D eigenvalue weighted by molar-refractivity contribution is -0.116. The van der Waals surface area contributed by atoms with Crippen LogP contribution in [-0.4, -0.2) is 40.9 Å². The van der Waals surface area contributed by atoms with E-state index in [1.807, 2.05) is 0 Å². The number of carbonyl (C=O) groups is 1. The first kappa shape index (κ1) is 20.9. The molecule has 0 fully saturated rings. The van der Waals surface area contributed by atoms with Gasteiger partial charge in [0.25, 0.3) is 5.56 Å². The summed E-state index contributed by atoms with van der Waals surface area (Å²) in [5.74, 6) is 0.636. The molecule has 158 valence electrons. The Morgan fingerprint density at radius 2 is 1.90 bits per heavy atom. The minimum atomic E-state index is -0.665. The molecule has 30 heavy (non-hydrogen) atoms. The second-order valence-electron chi connectivity index (χ2n) is 6.29. The largest absolute Gasteiger partial charge is 0.497 e. The molecule has 0 saturated heterocycles. The Hall–Kier alpha value is -3.82. The van der Waals surface area contributed by atoms with Crippen molar-refractivity contribution < 1.29 is 19.0 Å². The summed E-state index contributed by atoms with van der Waals surface area (Å²) in [6.45, 7) is 1.61. The summed E-state index contributed by atoms with van der Waals surface area (Å²) < 4.78 is 17.9. The highest BCUT2D eigenvalue weighted by Gasteiger charge is 2.18. The average molecular weight is 414 g/mol. The van der Waals surface area contributed by atoms with Crippen molar-refractivity contribution in [2.45, 2.75) is 13.5 Å². The highest BCUT2D eigenvalue weighted by atomic mass is 16.5. The summed E-state index contributed by atoms with van der Waals surface area (Å²) in [5.41, 5.74) is -0.787. The van der Waals surface area contributed by atoms with Crippen LogP contribution in [0.1, 0.15) is 6.92 Å². The molecule has 0 saturated carbocycles. The number of hydrogen-bond donors (Lipinski definition) is 1. The molecular weight excluding hydrogens is 392 g/mol. The van der Waals surface area contributed by atoms with E-state index in [0.29, 0.717) is 29.5 Å². The second-order valence-corrected chi connectivity index (χ2v) is 6.29. The molecule has 0 aliphatic carbocycles. The minimum absolute atomic E-state index is 0.133. The number of aromatic nitrogens is 3. The van der Waals surface area contributed by atoms with Gasteiger partial charge in [0.15, 0.2) is 5.65 Å². The Morgan fingerprint density at radius 1 is 1.13 bits per heavy atom. The van der Waals surface area contributed by atoms with Crippen molar-refractivity contribution >= 4 is 22.6 Å². The summed E-state index contributed by atoms with van der Waals surface area (Å²) in [7, 11) is 4.44. The van der Waals surface area contributed by atoms with Gasteiger partial charge in [-0.25, -0.2) is 14.3 Å². The Bertz CT molecular complexity index is 1210. The molecule has 0 unspecified atom stereocenters. The van der Waals surface area contributed by atoms with Crippen LogP contribution in [0.2, 0.25) is 0 Å². The van der Waals surface area contributed by atoms with Gasteiger partial charge in [-0.15, -0.1) is 0 Å². The first-order valence-electron chi connectivity index (χ1n) is 9.14. The number of carbonyl (C=O) groups excluding carboxylic acids is 1. The molecule has 0 spiro atoms. The predicted octanol–water partition coefficient (Wildman–Crippen LogP) is 1.15. The third-order valence-electron chi connectivity index (χ3n) is 4.47. The van der Waals surface area contributed by atoms with Gasteiger partial charge >= 0.3 is 5.69 Å². The number of nitrogens with zero attached hydrogens (tertiary/aromatic N) is 3. The van der Waals surface area contributed by atoms with Gasteiger partial charge in [-0.1, -0.05) is 0 Å². The van der Waals surface area contributed by atoms with Gasteiger partial charge < -0.3 is 19.5 Å². The average Bonchev–Trinajstić information content (AvgIpc) is 2.75. The Balaban J connectivity index is 2.02. The lowest BCUT2D eigenvalue weighted by Gasteiger charge is -2.14. The molecule has 1 aromatic carbocycles. The van der Waals surface area contributed by atoms with E-state index in [2.05, 4.69) is 10.3 Å². The first-order valence-corrected chi connectivity index (χ1v) is 9.14. The molecule has 10 heteroatoms. The van der Waals surface area contributed by atoms with Crippen molar-refractivity contribution in [2.24, 2.45) is 7.05 Å². The van der Waals surface area contributed by atoms with E-state index in [9.17, 15) is 14.4 Å². The lowest BCUT2D eigenvalue weighted by atomic mass is 10.2. The van der Waals surface area contributed by atoms with Crippen LogP contribution in [-0.2, 0) is 18.4 Å². The van der Waals surface area contributed by atoms with Crippen LogP contribution in [0.25, 0.3) is 11.0 Å². The quantitative estimate of drug-likeness (QED) is 0.617. The van der Waals surface area contributed by atoms with Crippen LogP contribution in [0.5, 0.6) is 17.2 Å². The number of pyridine rings is 1. The van der Waals surface area contributed by atoms with Crippen LogP contribution in [0.3, 0.4) is 0 Å². The number of anilines is 1. The van der Waals surface area contributed by atoms with Crippen molar-refractivity contribution in [3.05, 3.63) is 51.3 Å². The van der Waals surface area contributed by atoms with E-state index in [-0.39, 0.29) is 11.0 Å². The van der Waals surface area contributed by atoms with Gasteiger partial charge in [0.1, 0.15) is 29.2 Å². The van der Waals surface area contributed by atoms with Crippen LogP contribution in [0.15, 0.2) is 40.1 Å². The predicted molar refractivity (Wildman–Crippen MR) is 111 cm³/mol. The number of hydrogen-bond acceptors (Lipinski definition) is 7. The number of rotatable bonds is 7. The highest BCUT2D eigenvalue weighted by molar-refractivity contribution is 5.92. The van der Waals surface area contributed by atoms with Gasteiger partial charge in [-0.3, -0.25) is 14.2 Å². The summed E-state index contributed by atoms with van der Waals surface area (Å²) in [6, 6.07) is 6.44. The summed E-state index contributed by atoms with van der Waals surface area (Å²) in [4.78, 5) is 42.5. The molecular formula is C20H22N4O6. The van der Waals surface area contributed by atoms with Crippen molar-refractivity contribution in [2.75, 3.05) is 26.1 Å². The Kier molecular flexibility index (Phi) is 6.05. The van der Waals surface area contributed by atoms with Gasteiger partial charge in [0.05, 0.1) is 26.5 Å². The Labute approximate surface area is 171 Å². The van der Waals surface area contributed by atoms with Crippen LogP contribution < -0.4 is 30.8 Å². The molecule has 0 radical (unpaired) electrons. The van der Waals surface area contributed by atoms with Crippen molar-refractivity contribution in [3.63, 3.8) is 0 Å². The number of methoxy groups -OCH3 is 2. The SMILES string of the molecule is CCOc1ccnc2c1c(=O)n(CC(=O)Nc1cc(OC)ccc1OC)c(=O)n2C. The molecule has 0 aliphatic rings. The number of aryl methyl sites for hydroxylation is 1. The standard InChI is InChI=1S/C20H22N4O6/c1-5-30-15-8-9-21-18-17(15)19(26)24(20(27)23(18)2)11-16(25)22-13-10-12(28-3)6-7-14(13)29-4/h6-10H,5,11H2,1-4H3,(H,22,25). The van der Waals surface area contributed by atoms with E-state index in [1.54, 1.807) is 31.2 Å². The fourth-order valence-electron chi connectivity index (χ4n) is 3.04. The van der Waals surface area contributed by atoms with E-state index in [1.165, 1.54) is 32.0 Å². The summed E-state index contributed by atoms with van der Waals surface area (Å²) in [6.07, 6.45) is 1.46. The number of benzene rings is 1. The van der Waals surface area contributed by atoms with Gasteiger partial charge in [0, 0.05) is 19.3 Å². The fraction of sp³-hybridized carbons (Fsp3) is 0.300. The zero-order chi connectivity index (χ0) is 21.8. The van der Waals surface area contributed by atoms with E-state index < -0.39 is 23.7 Å². The smallest absolute Gasteiger partial charge is 0.332 e. The number of fused-ring (bicyclic) bond motifs is 1. The zero-order valence-electron chi connectivity index (χ0n) is 17.1. The van der Waals surface area contributed by atoms with Crippen LogP contribution in [0, 0.1) is 0 Å². The fourth-order valence-corrected chi connectivity index (χ4v) is 3.04. The maximum absolute atomic E-state index is 13.0. The normalized spacial score (nSPS) is 10.7. The molecule has 3 aromatic rings. The molecule has 10 nitrogen and oxygen atoms in total. The minimum Gasteiger partial charge on any atom is -0.497 e. The van der Waals surface area contributed by atoms with E-state index >= 15 is 0 Å². The maximum atomic E-state index is 13.0. The molecule has 2 heterocycles. The molecule has 3 rings (SSSR count). The molecule has 1 N–H and O–H groups in total. The van der Waals surface area contributed by atoms with Crippen molar-refractivity contribution in [1.29, 1.82) is 0 Å². The van der Waals surface area contributed by atoms with Gasteiger partial charge in [-0.2, -0.15) is 0 Å². The maximum Gasteiger partial charge on any atom is 0.332 e. The van der Waals surface area contributed by atoms with Gasteiger partial charge in [0.2, 0.25) is 5.91 Å². The molecule has 2 aromatic heterocycles. The molecule has 1 amide bonds. The van der Waals surface area contributed by atoms with E-state index in [4.69, 9.17) is 14.2 Å². The topological polar surface area (TPSA) is 114 Å². The molecule has 0 atom stereocenters.